The summed E-state index contributed by atoms with van der Waals surface area (Å²) in [6, 6.07) is -0.831. The average molecular weight is 325 g/mol. The van der Waals surface area contributed by atoms with Crippen LogP contribution in [0.4, 0.5) is 0 Å². The van der Waals surface area contributed by atoms with Crippen molar-refractivity contribution >= 4 is 23.6 Å². The molecule has 0 fully saturated rings. The maximum absolute atomic E-state index is 11.7. The van der Waals surface area contributed by atoms with Crippen LogP contribution in [0.25, 0.3) is 0 Å². The zero-order valence-electron chi connectivity index (χ0n) is 12.3. The summed E-state index contributed by atoms with van der Waals surface area (Å²) >= 11 is 0. The Kier molecular flexibility index (Phi) is 7.20. The molecule has 11 heteroatoms. The van der Waals surface area contributed by atoms with E-state index in [1.807, 2.05) is 0 Å². The van der Waals surface area contributed by atoms with Gasteiger partial charge in [0.25, 0.3) is 0 Å². The molecule has 0 saturated heterocycles. The van der Waals surface area contributed by atoms with E-state index in [9.17, 15) is 19.2 Å². The number of nitrogens with two attached hydrogens (primary N) is 2. The van der Waals surface area contributed by atoms with Crippen LogP contribution in [0.15, 0.2) is 12.5 Å². The molecule has 0 aliphatic carbocycles. The molecule has 0 radical (unpaired) electrons. The first-order valence-electron chi connectivity index (χ1n) is 6.70. The Morgan fingerprint density at radius 1 is 1.09 bits per heavy atom. The molecule has 1 heterocycles. The molecular formula is C12H19N7O4. The molecule has 0 saturated carbocycles. The van der Waals surface area contributed by atoms with Crippen LogP contribution in [0.3, 0.4) is 0 Å². The van der Waals surface area contributed by atoms with Gasteiger partial charge >= 0.3 is 0 Å². The molecule has 0 aliphatic rings. The van der Waals surface area contributed by atoms with E-state index in [2.05, 4.69) is 25.9 Å². The van der Waals surface area contributed by atoms with Gasteiger partial charge in [-0.25, -0.2) is 4.98 Å². The monoisotopic (exact) mass is 325 g/mol. The largest absolute Gasteiger partial charge is 0.368 e. The van der Waals surface area contributed by atoms with Crippen LogP contribution in [-0.4, -0.2) is 59.3 Å². The smallest absolute Gasteiger partial charge is 0.239 e. The Morgan fingerprint density at radius 2 is 1.70 bits per heavy atom. The lowest BCUT2D eigenvalue weighted by atomic mass is 10.1. The van der Waals surface area contributed by atoms with Crippen LogP contribution in [0.1, 0.15) is 5.69 Å². The molecule has 23 heavy (non-hydrogen) atoms. The molecule has 4 amide bonds. The lowest BCUT2D eigenvalue weighted by Gasteiger charge is -2.11. The third-order valence-electron chi connectivity index (χ3n) is 2.66. The first-order chi connectivity index (χ1) is 10.9. The van der Waals surface area contributed by atoms with E-state index in [0.717, 1.165) is 0 Å². The van der Waals surface area contributed by atoms with Crippen LogP contribution >= 0.6 is 0 Å². The minimum absolute atomic E-state index is 0.253. The molecule has 0 unspecified atom stereocenters. The quantitative estimate of drug-likeness (QED) is 0.269. The first kappa shape index (κ1) is 18.1. The van der Waals surface area contributed by atoms with E-state index in [1.54, 1.807) is 6.20 Å². The molecule has 0 spiro atoms. The molecular weight excluding hydrogens is 306 g/mol. The van der Waals surface area contributed by atoms with Gasteiger partial charge in [-0.15, -0.1) is 0 Å². The van der Waals surface area contributed by atoms with Gasteiger partial charge in [-0.3, -0.25) is 19.2 Å². The maximum Gasteiger partial charge on any atom is 0.239 e. The van der Waals surface area contributed by atoms with Crippen molar-refractivity contribution in [1.82, 2.24) is 25.9 Å². The number of primary amides is 1. The standard InChI is InChI=1S/C12H19N7O4/c13-8(1-7-2-15-6-19-7)12(23)18-5-11(22)17-4-10(21)16-3-9(14)20/h2,6,8H,1,3-5,13H2,(H2,14,20)(H,15,19)(H,16,21)(H,17,22)(H,18,23)/t8-/m0/s1. The Morgan fingerprint density at radius 3 is 2.26 bits per heavy atom. The molecule has 1 aromatic rings. The second-order valence-corrected chi connectivity index (χ2v) is 4.63. The number of rotatable bonds is 9. The number of nitrogens with zero attached hydrogens (tertiary/aromatic N) is 1. The highest BCUT2D eigenvalue weighted by Crippen LogP contribution is 1.95. The number of amides is 4. The summed E-state index contributed by atoms with van der Waals surface area (Å²) < 4.78 is 0. The summed E-state index contributed by atoms with van der Waals surface area (Å²) in [4.78, 5) is 51.5. The summed E-state index contributed by atoms with van der Waals surface area (Å²) in [5.74, 6) is -2.34. The molecule has 1 rings (SSSR count). The van der Waals surface area contributed by atoms with Crippen molar-refractivity contribution in [1.29, 1.82) is 0 Å². The van der Waals surface area contributed by atoms with Crippen molar-refractivity contribution in [2.24, 2.45) is 11.5 Å². The minimum atomic E-state index is -0.831. The van der Waals surface area contributed by atoms with Crippen molar-refractivity contribution < 1.29 is 19.2 Å². The predicted octanol–water partition coefficient (Wildman–Crippen LogP) is -3.89. The highest BCUT2D eigenvalue weighted by atomic mass is 16.2. The van der Waals surface area contributed by atoms with Crippen molar-refractivity contribution in [2.45, 2.75) is 12.5 Å². The number of imidazole rings is 1. The van der Waals surface area contributed by atoms with Crippen LogP contribution < -0.4 is 27.4 Å². The second-order valence-electron chi connectivity index (χ2n) is 4.63. The van der Waals surface area contributed by atoms with Crippen molar-refractivity contribution in [3.8, 4) is 0 Å². The molecule has 0 aromatic carbocycles. The maximum atomic E-state index is 11.7. The van der Waals surface area contributed by atoms with Crippen molar-refractivity contribution in [3.63, 3.8) is 0 Å². The number of aromatic amines is 1. The van der Waals surface area contributed by atoms with E-state index in [1.165, 1.54) is 6.33 Å². The van der Waals surface area contributed by atoms with Crippen LogP contribution in [0.2, 0.25) is 0 Å². The van der Waals surface area contributed by atoms with Gasteiger partial charge in [0, 0.05) is 18.3 Å². The SMILES string of the molecule is NC(=O)CNC(=O)CNC(=O)CNC(=O)[C@@H](N)Cc1cnc[nH]1. The number of nitrogens with one attached hydrogen (secondary N) is 4. The molecule has 11 nitrogen and oxygen atoms in total. The number of H-pyrrole nitrogens is 1. The molecule has 8 N–H and O–H groups in total. The zero-order valence-corrected chi connectivity index (χ0v) is 12.3. The third kappa shape index (κ3) is 7.57. The van der Waals surface area contributed by atoms with Crippen molar-refractivity contribution in [3.05, 3.63) is 18.2 Å². The molecule has 0 aliphatic heterocycles. The summed E-state index contributed by atoms with van der Waals surface area (Å²) in [7, 11) is 0. The van der Waals surface area contributed by atoms with Crippen LogP contribution in [-0.2, 0) is 25.6 Å². The van der Waals surface area contributed by atoms with E-state index in [-0.39, 0.29) is 26.1 Å². The number of aromatic nitrogens is 2. The lowest BCUT2D eigenvalue weighted by Crippen LogP contribution is -2.47. The summed E-state index contributed by atoms with van der Waals surface area (Å²) in [6.45, 7) is -0.964. The fourth-order valence-corrected chi connectivity index (χ4v) is 1.51. The second kappa shape index (κ2) is 9.15. The molecule has 1 atom stereocenters. The summed E-state index contributed by atoms with van der Waals surface area (Å²) in [5.41, 5.74) is 11.2. The molecule has 126 valence electrons. The highest BCUT2D eigenvalue weighted by molar-refractivity contribution is 5.90. The van der Waals surface area contributed by atoms with Gasteiger partial charge in [0.2, 0.25) is 23.6 Å². The molecule has 0 bridgehead atoms. The zero-order chi connectivity index (χ0) is 17.2. The fraction of sp³-hybridized carbons (Fsp3) is 0.417. The Balaban J connectivity index is 2.20. The van der Waals surface area contributed by atoms with Crippen LogP contribution in [0, 0.1) is 0 Å². The van der Waals surface area contributed by atoms with E-state index in [4.69, 9.17) is 11.5 Å². The first-order valence-corrected chi connectivity index (χ1v) is 6.70. The van der Waals surface area contributed by atoms with Gasteiger partial charge in [0.05, 0.1) is 32.0 Å². The Bertz CT molecular complexity index is 558. The average Bonchev–Trinajstić information content (AvgIpc) is 3.01. The van der Waals surface area contributed by atoms with Gasteiger partial charge in [-0.1, -0.05) is 0 Å². The van der Waals surface area contributed by atoms with Crippen molar-refractivity contribution in [2.75, 3.05) is 19.6 Å². The topological polar surface area (TPSA) is 185 Å². The van der Waals surface area contributed by atoms with Gasteiger partial charge in [0.1, 0.15) is 0 Å². The van der Waals surface area contributed by atoms with Gasteiger partial charge in [0.15, 0.2) is 0 Å². The van der Waals surface area contributed by atoms with Gasteiger partial charge < -0.3 is 32.4 Å². The van der Waals surface area contributed by atoms with E-state index < -0.39 is 29.7 Å². The number of carbonyl (C=O) groups is 4. The van der Waals surface area contributed by atoms with Gasteiger partial charge in [-0.05, 0) is 0 Å². The lowest BCUT2D eigenvalue weighted by molar-refractivity contribution is -0.128. The fourth-order valence-electron chi connectivity index (χ4n) is 1.51. The van der Waals surface area contributed by atoms with Crippen LogP contribution in [0.5, 0.6) is 0 Å². The Labute approximate surface area is 131 Å². The number of carbonyl (C=O) groups excluding carboxylic acids is 4. The molecule has 1 aromatic heterocycles. The van der Waals surface area contributed by atoms with Gasteiger partial charge in [-0.2, -0.15) is 0 Å². The van der Waals surface area contributed by atoms with E-state index >= 15 is 0 Å². The summed E-state index contributed by atoms with van der Waals surface area (Å²) in [6.07, 6.45) is 3.27. The minimum Gasteiger partial charge on any atom is -0.368 e. The number of hydrogen-bond donors (Lipinski definition) is 6. The number of hydrogen-bond acceptors (Lipinski definition) is 6. The highest BCUT2D eigenvalue weighted by Gasteiger charge is 2.15. The Hall–Kier alpha value is -2.95. The van der Waals surface area contributed by atoms with E-state index in [0.29, 0.717) is 5.69 Å². The predicted molar refractivity (Wildman–Crippen MR) is 78.5 cm³/mol. The normalized spacial score (nSPS) is 11.3. The summed E-state index contributed by atoms with van der Waals surface area (Å²) in [5, 5.41) is 6.82. The third-order valence-corrected chi connectivity index (χ3v) is 2.66.